The van der Waals surface area contributed by atoms with Gasteiger partial charge in [-0.2, -0.15) is 0 Å². The van der Waals surface area contributed by atoms with E-state index < -0.39 is 28.9 Å². The molecule has 0 aliphatic rings. The molecule has 0 aromatic heterocycles. The lowest BCUT2D eigenvalue weighted by atomic mass is 9.88. The third-order valence-electron chi connectivity index (χ3n) is 3.14. The minimum absolute atomic E-state index is 0.446. The van der Waals surface area contributed by atoms with Gasteiger partial charge in [0, 0.05) is 5.92 Å². The normalized spacial score (nSPS) is 12.2. The zero-order valence-corrected chi connectivity index (χ0v) is 10.6. The predicted molar refractivity (Wildman–Crippen MR) is 70.2 cm³/mol. The van der Waals surface area contributed by atoms with Crippen LogP contribution in [0.3, 0.4) is 0 Å². The standard InChI is InChI=1S/C16H14F2O/c1-2-12(11-7-4-3-5-8-11)16(19)15-13(17)9-6-10-14(15)18/h3-10,12H,2H2,1H3. The number of hydrogen-bond donors (Lipinski definition) is 0. The summed E-state index contributed by atoms with van der Waals surface area (Å²) in [5, 5.41) is 0. The Morgan fingerprint density at radius 2 is 1.58 bits per heavy atom. The van der Waals surface area contributed by atoms with Crippen molar-refractivity contribution in [1.29, 1.82) is 0 Å². The molecule has 0 amide bonds. The predicted octanol–water partition coefficient (Wildman–Crippen LogP) is 4.34. The number of carbonyl (C=O) groups excluding carboxylic acids is 1. The van der Waals surface area contributed by atoms with Crippen LogP contribution in [0, 0.1) is 11.6 Å². The van der Waals surface area contributed by atoms with Crippen molar-refractivity contribution in [2.24, 2.45) is 0 Å². The highest BCUT2D eigenvalue weighted by Crippen LogP contribution is 2.26. The van der Waals surface area contributed by atoms with Crippen molar-refractivity contribution in [3.05, 3.63) is 71.3 Å². The minimum atomic E-state index is -0.806. The molecule has 0 saturated carbocycles. The van der Waals surface area contributed by atoms with Gasteiger partial charge < -0.3 is 0 Å². The topological polar surface area (TPSA) is 17.1 Å². The van der Waals surface area contributed by atoms with E-state index in [1.165, 1.54) is 6.07 Å². The van der Waals surface area contributed by atoms with Gasteiger partial charge in [-0.3, -0.25) is 4.79 Å². The Morgan fingerprint density at radius 3 is 2.11 bits per heavy atom. The van der Waals surface area contributed by atoms with E-state index in [9.17, 15) is 13.6 Å². The zero-order valence-electron chi connectivity index (χ0n) is 10.6. The summed E-state index contributed by atoms with van der Waals surface area (Å²) >= 11 is 0. The van der Waals surface area contributed by atoms with Crippen LogP contribution >= 0.6 is 0 Å². The molecule has 1 atom stereocenters. The fraction of sp³-hybridized carbons (Fsp3) is 0.188. The fourth-order valence-electron chi connectivity index (χ4n) is 2.17. The molecule has 0 aliphatic carbocycles. The number of halogens is 2. The lowest BCUT2D eigenvalue weighted by molar-refractivity contribution is 0.0949. The molecule has 3 heteroatoms. The smallest absolute Gasteiger partial charge is 0.176 e. The van der Waals surface area contributed by atoms with Gasteiger partial charge in [-0.25, -0.2) is 8.78 Å². The van der Waals surface area contributed by atoms with E-state index in [1.807, 2.05) is 25.1 Å². The number of ketones is 1. The van der Waals surface area contributed by atoms with Crippen LogP contribution in [0.4, 0.5) is 8.78 Å². The first-order chi connectivity index (χ1) is 9.15. The monoisotopic (exact) mass is 260 g/mol. The van der Waals surface area contributed by atoms with E-state index in [0.717, 1.165) is 17.7 Å². The molecule has 0 aliphatic heterocycles. The van der Waals surface area contributed by atoms with E-state index in [-0.39, 0.29) is 0 Å². The average molecular weight is 260 g/mol. The summed E-state index contributed by atoms with van der Waals surface area (Å²) in [5.74, 6) is -2.64. The van der Waals surface area contributed by atoms with Crippen molar-refractivity contribution >= 4 is 5.78 Å². The second-order valence-electron chi connectivity index (χ2n) is 4.33. The van der Waals surface area contributed by atoms with Gasteiger partial charge in [0.2, 0.25) is 0 Å². The second-order valence-corrected chi connectivity index (χ2v) is 4.33. The minimum Gasteiger partial charge on any atom is -0.293 e. The van der Waals surface area contributed by atoms with E-state index >= 15 is 0 Å². The highest BCUT2D eigenvalue weighted by atomic mass is 19.1. The molecule has 0 heterocycles. The Labute approximate surface area is 110 Å². The Kier molecular flexibility index (Phi) is 4.05. The summed E-state index contributed by atoms with van der Waals surface area (Å²) in [7, 11) is 0. The first kappa shape index (κ1) is 13.4. The number of Topliss-reactive ketones (excluding diaryl/α,β-unsaturated/α-hetero) is 1. The van der Waals surface area contributed by atoms with Crippen molar-refractivity contribution < 1.29 is 13.6 Å². The summed E-state index contributed by atoms with van der Waals surface area (Å²) in [4.78, 5) is 12.3. The largest absolute Gasteiger partial charge is 0.293 e. The molecule has 0 radical (unpaired) electrons. The first-order valence-corrected chi connectivity index (χ1v) is 6.18. The van der Waals surface area contributed by atoms with Gasteiger partial charge in [0.15, 0.2) is 5.78 Å². The molecule has 1 nitrogen and oxygen atoms in total. The van der Waals surface area contributed by atoms with E-state index in [0.29, 0.717) is 6.42 Å². The van der Waals surface area contributed by atoms with Gasteiger partial charge in [-0.05, 0) is 24.1 Å². The highest BCUT2D eigenvalue weighted by Gasteiger charge is 2.25. The summed E-state index contributed by atoms with van der Waals surface area (Å²) in [6, 6.07) is 12.5. The number of rotatable bonds is 4. The quantitative estimate of drug-likeness (QED) is 0.747. The molecular formula is C16H14F2O. The lowest BCUT2D eigenvalue weighted by Crippen LogP contribution is -2.15. The third-order valence-corrected chi connectivity index (χ3v) is 3.14. The molecule has 2 aromatic carbocycles. The van der Waals surface area contributed by atoms with Crippen LogP contribution in [0.25, 0.3) is 0 Å². The van der Waals surface area contributed by atoms with Crippen LogP contribution in [0.1, 0.15) is 35.2 Å². The van der Waals surface area contributed by atoms with Crippen molar-refractivity contribution in [2.45, 2.75) is 19.3 Å². The molecule has 0 spiro atoms. The maximum Gasteiger partial charge on any atom is 0.176 e. The Bertz CT molecular complexity index is 558. The van der Waals surface area contributed by atoms with Crippen LogP contribution in [0.2, 0.25) is 0 Å². The van der Waals surface area contributed by atoms with E-state index in [4.69, 9.17) is 0 Å². The van der Waals surface area contributed by atoms with Gasteiger partial charge in [0.25, 0.3) is 0 Å². The van der Waals surface area contributed by atoms with Gasteiger partial charge >= 0.3 is 0 Å². The molecule has 98 valence electrons. The van der Waals surface area contributed by atoms with Gasteiger partial charge in [-0.1, -0.05) is 43.3 Å². The van der Waals surface area contributed by atoms with Crippen molar-refractivity contribution in [2.75, 3.05) is 0 Å². The Hall–Kier alpha value is -2.03. The molecule has 0 bridgehead atoms. The Balaban J connectivity index is 2.42. The number of hydrogen-bond acceptors (Lipinski definition) is 1. The van der Waals surface area contributed by atoms with Crippen LogP contribution in [-0.4, -0.2) is 5.78 Å². The average Bonchev–Trinajstić information content (AvgIpc) is 2.40. The summed E-state index contributed by atoms with van der Waals surface area (Å²) in [6.45, 7) is 1.83. The summed E-state index contributed by atoms with van der Waals surface area (Å²) in [5.41, 5.74) is 0.329. The maximum atomic E-state index is 13.7. The van der Waals surface area contributed by atoms with Gasteiger partial charge in [0.1, 0.15) is 11.6 Å². The SMILES string of the molecule is CCC(C(=O)c1c(F)cccc1F)c1ccccc1. The zero-order chi connectivity index (χ0) is 13.8. The van der Waals surface area contributed by atoms with Crippen molar-refractivity contribution in [3.8, 4) is 0 Å². The number of benzene rings is 2. The van der Waals surface area contributed by atoms with Crippen LogP contribution in [-0.2, 0) is 0 Å². The number of carbonyl (C=O) groups is 1. The fourth-order valence-corrected chi connectivity index (χ4v) is 2.17. The van der Waals surface area contributed by atoms with Crippen LogP contribution in [0.15, 0.2) is 48.5 Å². The molecular weight excluding hydrogens is 246 g/mol. The molecule has 19 heavy (non-hydrogen) atoms. The van der Waals surface area contributed by atoms with Crippen LogP contribution in [0.5, 0.6) is 0 Å². The molecule has 0 fully saturated rings. The van der Waals surface area contributed by atoms with E-state index in [1.54, 1.807) is 12.1 Å². The summed E-state index contributed by atoms with van der Waals surface area (Å²) in [6.07, 6.45) is 0.497. The lowest BCUT2D eigenvalue weighted by Gasteiger charge is -2.15. The highest BCUT2D eigenvalue weighted by molar-refractivity contribution is 6.01. The van der Waals surface area contributed by atoms with Gasteiger partial charge in [-0.15, -0.1) is 0 Å². The van der Waals surface area contributed by atoms with Crippen molar-refractivity contribution in [1.82, 2.24) is 0 Å². The molecule has 0 saturated heterocycles. The molecule has 2 rings (SSSR count). The Morgan fingerprint density at radius 1 is 1.00 bits per heavy atom. The van der Waals surface area contributed by atoms with Crippen molar-refractivity contribution in [3.63, 3.8) is 0 Å². The maximum absolute atomic E-state index is 13.7. The first-order valence-electron chi connectivity index (χ1n) is 6.18. The van der Waals surface area contributed by atoms with Crippen LogP contribution < -0.4 is 0 Å². The van der Waals surface area contributed by atoms with Gasteiger partial charge in [0.05, 0.1) is 5.56 Å². The second kappa shape index (κ2) is 5.74. The summed E-state index contributed by atoms with van der Waals surface area (Å²) < 4.78 is 27.3. The third kappa shape index (κ3) is 2.70. The van der Waals surface area contributed by atoms with E-state index in [2.05, 4.69) is 0 Å². The molecule has 1 unspecified atom stereocenters. The molecule has 2 aromatic rings. The molecule has 0 N–H and O–H groups in total.